The van der Waals surface area contributed by atoms with Crippen LogP contribution < -0.4 is 10.9 Å². The van der Waals surface area contributed by atoms with E-state index in [1.54, 1.807) is 20.2 Å². The van der Waals surface area contributed by atoms with Crippen molar-refractivity contribution in [2.75, 3.05) is 12.4 Å². The Labute approximate surface area is 82.6 Å². The molecule has 0 aliphatic heterocycles. The normalized spacial score (nSPS) is 10.0. The van der Waals surface area contributed by atoms with E-state index in [2.05, 4.69) is 5.32 Å². The third-order valence-corrected chi connectivity index (χ3v) is 2.29. The summed E-state index contributed by atoms with van der Waals surface area (Å²) in [6.07, 6.45) is 0. The lowest BCUT2D eigenvalue weighted by Gasteiger charge is -2.10. The van der Waals surface area contributed by atoms with Gasteiger partial charge in [-0.15, -0.1) is 0 Å². The molecule has 1 heterocycles. The van der Waals surface area contributed by atoms with Gasteiger partial charge in [0.1, 0.15) is 5.56 Å². The number of hydrogen-bond acceptors (Lipinski definition) is 3. The van der Waals surface area contributed by atoms with Gasteiger partial charge in [-0.25, -0.2) is 0 Å². The first-order valence-electron chi connectivity index (χ1n) is 4.38. The lowest BCUT2D eigenvalue weighted by Crippen LogP contribution is -2.26. The molecule has 4 heteroatoms. The van der Waals surface area contributed by atoms with Gasteiger partial charge in [0.2, 0.25) is 0 Å². The molecule has 0 atom stereocenters. The van der Waals surface area contributed by atoms with Crippen molar-refractivity contribution in [1.82, 2.24) is 4.57 Å². The molecule has 0 fully saturated rings. The quantitative estimate of drug-likeness (QED) is 0.713. The van der Waals surface area contributed by atoms with E-state index in [0.29, 0.717) is 5.69 Å². The average Bonchev–Trinajstić information content (AvgIpc) is 2.12. The van der Waals surface area contributed by atoms with Crippen LogP contribution in [0.3, 0.4) is 0 Å². The first kappa shape index (κ1) is 10.5. The Bertz CT molecular complexity index is 432. The third-order valence-electron chi connectivity index (χ3n) is 2.29. The third kappa shape index (κ3) is 1.55. The molecule has 0 saturated carbocycles. The van der Waals surface area contributed by atoms with E-state index in [4.69, 9.17) is 0 Å². The topological polar surface area (TPSA) is 51.1 Å². The highest BCUT2D eigenvalue weighted by Crippen LogP contribution is 2.12. The van der Waals surface area contributed by atoms with Crippen molar-refractivity contribution in [3.8, 4) is 0 Å². The number of hydrogen-bond donors (Lipinski definition) is 1. The van der Waals surface area contributed by atoms with Crippen LogP contribution in [0.25, 0.3) is 0 Å². The predicted octanol–water partition coefficient (Wildman–Crippen LogP) is 0.938. The van der Waals surface area contributed by atoms with Gasteiger partial charge < -0.3 is 9.88 Å². The minimum Gasteiger partial charge on any atom is -0.387 e. The van der Waals surface area contributed by atoms with Crippen LogP contribution >= 0.6 is 0 Å². The standard InChI is InChI=1S/C10H14N2O2/c1-6-5-8(11-3)9(7(2)13)10(14)12(6)4/h5,11H,1-4H3. The maximum absolute atomic E-state index is 11.7. The van der Waals surface area contributed by atoms with Crippen molar-refractivity contribution in [2.24, 2.45) is 7.05 Å². The summed E-state index contributed by atoms with van der Waals surface area (Å²) in [5.74, 6) is -0.213. The zero-order chi connectivity index (χ0) is 10.9. The summed E-state index contributed by atoms with van der Waals surface area (Å²) in [4.78, 5) is 23.0. The highest BCUT2D eigenvalue weighted by Gasteiger charge is 2.13. The summed E-state index contributed by atoms with van der Waals surface area (Å²) in [7, 11) is 3.35. The fourth-order valence-corrected chi connectivity index (χ4v) is 1.36. The fraction of sp³-hybridized carbons (Fsp3) is 0.400. The molecule has 1 N–H and O–H groups in total. The number of Topliss-reactive ketones (excluding diaryl/α,β-unsaturated/α-hetero) is 1. The van der Waals surface area contributed by atoms with Gasteiger partial charge in [-0.3, -0.25) is 9.59 Å². The highest BCUT2D eigenvalue weighted by atomic mass is 16.1. The van der Waals surface area contributed by atoms with Crippen LogP contribution in [0.4, 0.5) is 5.69 Å². The number of anilines is 1. The van der Waals surface area contributed by atoms with Crippen LogP contribution in [-0.4, -0.2) is 17.4 Å². The second-order valence-corrected chi connectivity index (χ2v) is 3.24. The molecule has 0 amide bonds. The summed E-state index contributed by atoms with van der Waals surface area (Å²) in [5.41, 5.74) is 1.39. The van der Waals surface area contributed by atoms with Gasteiger partial charge in [0.25, 0.3) is 5.56 Å². The minimum absolute atomic E-state index is 0.213. The van der Waals surface area contributed by atoms with Gasteiger partial charge in [0.05, 0.1) is 5.69 Å². The van der Waals surface area contributed by atoms with Gasteiger partial charge in [-0.1, -0.05) is 0 Å². The van der Waals surface area contributed by atoms with Crippen LogP contribution in [0.2, 0.25) is 0 Å². The SMILES string of the molecule is CNc1cc(C)n(C)c(=O)c1C(C)=O. The van der Waals surface area contributed by atoms with Crippen LogP contribution in [0.1, 0.15) is 23.0 Å². The molecule has 14 heavy (non-hydrogen) atoms. The molecule has 0 unspecified atom stereocenters. The zero-order valence-corrected chi connectivity index (χ0v) is 8.84. The summed E-state index contributed by atoms with van der Waals surface area (Å²) < 4.78 is 1.47. The largest absolute Gasteiger partial charge is 0.387 e. The van der Waals surface area contributed by atoms with Crippen molar-refractivity contribution < 1.29 is 4.79 Å². The number of rotatable bonds is 2. The molecule has 0 radical (unpaired) electrons. The second-order valence-electron chi connectivity index (χ2n) is 3.24. The molecule has 0 bridgehead atoms. The number of aromatic nitrogens is 1. The van der Waals surface area contributed by atoms with E-state index in [1.807, 2.05) is 6.92 Å². The van der Waals surface area contributed by atoms with Gasteiger partial charge >= 0.3 is 0 Å². The van der Waals surface area contributed by atoms with Crippen molar-refractivity contribution in [3.05, 3.63) is 27.7 Å². The smallest absolute Gasteiger partial charge is 0.263 e. The van der Waals surface area contributed by atoms with Gasteiger partial charge in [-0.05, 0) is 19.9 Å². The summed E-state index contributed by atoms with van der Waals surface area (Å²) in [6.45, 7) is 3.22. The Morgan fingerprint density at radius 1 is 1.50 bits per heavy atom. The van der Waals surface area contributed by atoms with Crippen LogP contribution in [0.5, 0.6) is 0 Å². The summed E-state index contributed by atoms with van der Waals surface area (Å²) in [5, 5.41) is 2.85. The zero-order valence-electron chi connectivity index (χ0n) is 8.84. The first-order valence-corrected chi connectivity index (χ1v) is 4.38. The monoisotopic (exact) mass is 194 g/mol. The number of nitrogens with zero attached hydrogens (tertiary/aromatic N) is 1. The maximum atomic E-state index is 11.7. The Morgan fingerprint density at radius 2 is 2.07 bits per heavy atom. The lowest BCUT2D eigenvalue weighted by molar-refractivity contribution is 0.101. The average molecular weight is 194 g/mol. The molecule has 1 aromatic rings. The number of carbonyl (C=O) groups excluding carboxylic acids is 1. The van der Waals surface area contributed by atoms with E-state index in [-0.39, 0.29) is 16.9 Å². The number of carbonyl (C=O) groups is 1. The Hall–Kier alpha value is -1.58. The predicted molar refractivity (Wildman–Crippen MR) is 56.0 cm³/mol. The van der Waals surface area contributed by atoms with Gasteiger partial charge in [0, 0.05) is 19.8 Å². The molecular weight excluding hydrogens is 180 g/mol. The van der Waals surface area contributed by atoms with Crippen molar-refractivity contribution in [2.45, 2.75) is 13.8 Å². The maximum Gasteiger partial charge on any atom is 0.263 e. The Morgan fingerprint density at radius 3 is 2.50 bits per heavy atom. The fourth-order valence-electron chi connectivity index (χ4n) is 1.36. The molecule has 1 rings (SSSR count). The molecule has 0 aromatic carbocycles. The molecule has 76 valence electrons. The molecule has 1 aromatic heterocycles. The minimum atomic E-state index is -0.248. The van der Waals surface area contributed by atoms with Gasteiger partial charge in [-0.2, -0.15) is 0 Å². The van der Waals surface area contributed by atoms with Crippen LogP contribution in [-0.2, 0) is 7.05 Å². The van der Waals surface area contributed by atoms with Crippen molar-refractivity contribution >= 4 is 11.5 Å². The van der Waals surface area contributed by atoms with E-state index >= 15 is 0 Å². The molecule has 0 spiro atoms. The molecule has 0 aliphatic rings. The van der Waals surface area contributed by atoms with Crippen LogP contribution in [0, 0.1) is 6.92 Å². The molecule has 4 nitrogen and oxygen atoms in total. The second kappa shape index (κ2) is 3.65. The highest BCUT2D eigenvalue weighted by molar-refractivity contribution is 5.99. The number of ketones is 1. The summed E-state index contributed by atoms with van der Waals surface area (Å²) >= 11 is 0. The molecular formula is C10H14N2O2. The summed E-state index contributed by atoms with van der Waals surface area (Å²) in [6, 6.07) is 1.79. The number of nitrogens with one attached hydrogen (secondary N) is 1. The van der Waals surface area contributed by atoms with E-state index in [9.17, 15) is 9.59 Å². The molecule has 0 saturated heterocycles. The number of pyridine rings is 1. The first-order chi connectivity index (χ1) is 6.49. The van der Waals surface area contributed by atoms with E-state index < -0.39 is 0 Å². The van der Waals surface area contributed by atoms with Gasteiger partial charge in [0.15, 0.2) is 5.78 Å². The Balaban J connectivity index is 3.62. The van der Waals surface area contributed by atoms with E-state index in [0.717, 1.165) is 5.69 Å². The van der Waals surface area contributed by atoms with Crippen LogP contribution in [0.15, 0.2) is 10.9 Å². The van der Waals surface area contributed by atoms with Crippen molar-refractivity contribution in [1.29, 1.82) is 0 Å². The lowest BCUT2D eigenvalue weighted by atomic mass is 10.1. The van der Waals surface area contributed by atoms with E-state index in [1.165, 1.54) is 11.5 Å². The number of aryl methyl sites for hydroxylation is 1. The van der Waals surface area contributed by atoms with Crippen molar-refractivity contribution in [3.63, 3.8) is 0 Å². The molecule has 0 aliphatic carbocycles. The Kier molecular flexibility index (Phi) is 2.74.